The zero-order valence-electron chi connectivity index (χ0n) is 17.9. The van der Waals surface area contributed by atoms with E-state index in [1.165, 1.54) is 23.5 Å². The van der Waals surface area contributed by atoms with Gasteiger partial charge in [0.2, 0.25) is 0 Å². The monoisotopic (exact) mass is 468 g/mol. The van der Waals surface area contributed by atoms with Gasteiger partial charge in [0, 0.05) is 42.4 Å². The third-order valence-electron chi connectivity index (χ3n) is 4.61. The van der Waals surface area contributed by atoms with Crippen molar-refractivity contribution in [2.75, 3.05) is 31.0 Å². The molecule has 0 atom stereocenters. The second-order valence-electron chi connectivity index (χ2n) is 6.95. The van der Waals surface area contributed by atoms with Gasteiger partial charge in [0.1, 0.15) is 29.7 Å². The van der Waals surface area contributed by atoms with E-state index in [9.17, 15) is 9.18 Å². The number of nitrogens with one attached hydrogen (secondary N) is 2. The topological polar surface area (TPSA) is 94.6 Å². The summed E-state index contributed by atoms with van der Waals surface area (Å²) < 4.78 is 31.3. The Hall–Kier alpha value is -3.76. The predicted molar refractivity (Wildman–Crippen MR) is 125 cm³/mol. The maximum absolute atomic E-state index is 14.6. The molecule has 2 amide bonds. The van der Waals surface area contributed by atoms with Gasteiger partial charge in [-0.3, -0.25) is 10.3 Å². The van der Waals surface area contributed by atoms with E-state index in [4.69, 9.17) is 14.2 Å². The number of methoxy groups -OCH3 is 1. The number of rotatable bonds is 8. The van der Waals surface area contributed by atoms with Gasteiger partial charge in [-0.2, -0.15) is 0 Å². The normalized spacial score (nSPS) is 10.8. The molecule has 0 fully saturated rings. The number of urea groups is 1. The Bertz CT molecular complexity index is 1270. The third-order valence-corrected chi connectivity index (χ3v) is 5.30. The summed E-state index contributed by atoms with van der Waals surface area (Å²) in [6.07, 6.45) is 3.17. The van der Waals surface area contributed by atoms with Crippen LogP contribution < -0.4 is 20.1 Å². The lowest BCUT2D eigenvalue weighted by molar-refractivity contribution is 0.146. The summed E-state index contributed by atoms with van der Waals surface area (Å²) in [5.41, 5.74) is 1.61. The molecule has 33 heavy (non-hydrogen) atoms. The van der Waals surface area contributed by atoms with Crippen molar-refractivity contribution >= 4 is 39.1 Å². The Morgan fingerprint density at radius 1 is 1.06 bits per heavy atom. The van der Waals surface area contributed by atoms with Gasteiger partial charge in [-0.1, -0.05) is 0 Å². The fraction of sp³-hybridized carbons (Fsp3) is 0.174. The first-order valence-electron chi connectivity index (χ1n) is 9.99. The molecule has 0 saturated carbocycles. The zero-order chi connectivity index (χ0) is 23.2. The highest BCUT2D eigenvalue weighted by molar-refractivity contribution is 7.13. The van der Waals surface area contributed by atoms with Gasteiger partial charge in [0.15, 0.2) is 5.13 Å². The molecule has 2 aromatic heterocycles. The summed E-state index contributed by atoms with van der Waals surface area (Å²) >= 11 is 1.26. The van der Waals surface area contributed by atoms with Crippen molar-refractivity contribution in [3.8, 4) is 17.2 Å². The Morgan fingerprint density at radius 3 is 2.70 bits per heavy atom. The number of thiazole rings is 1. The van der Waals surface area contributed by atoms with Gasteiger partial charge in [0.25, 0.3) is 0 Å². The van der Waals surface area contributed by atoms with Crippen molar-refractivity contribution in [1.29, 1.82) is 0 Å². The minimum atomic E-state index is -0.634. The molecule has 0 radical (unpaired) electrons. The SMILES string of the molecule is COCCOc1cc2nccc(Oc3ccc(NC(=O)Nc4nccs4)c(F)c3)c2cc1C. The highest BCUT2D eigenvalue weighted by Gasteiger charge is 2.12. The molecule has 8 nitrogen and oxygen atoms in total. The van der Waals surface area contributed by atoms with Crippen LogP contribution in [0.2, 0.25) is 0 Å². The summed E-state index contributed by atoms with van der Waals surface area (Å²) in [5.74, 6) is 0.879. The van der Waals surface area contributed by atoms with Gasteiger partial charge in [-0.25, -0.2) is 14.2 Å². The largest absolute Gasteiger partial charge is 0.491 e. The van der Waals surface area contributed by atoms with Crippen molar-refractivity contribution in [3.05, 3.63) is 65.6 Å². The van der Waals surface area contributed by atoms with Crippen LogP contribution in [0.3, 0.4) is 0 Å². The second kappa shape index (κ2) is 10.2. The van der Waals surface area contributed by atoms with E-state index in [2.05, 4.69) is 20.6 Å². The number of benzene rings is 2. The number of nitrogens with zero attached hydrogens (tertiary/aromatic N) is 2. The molecule has 4 aromatic rings. The van der Waals surface area contributed by atoms with Crippen LogP contribution in [0.4, 0.5) is 20.0 Å². The smallest absolute Gasteiger partial charge is 0.325 e. The number of carbonyl (C=O) groups is 1. The van der Waals surface area contributed by atoms with E-state index in [0.717, 1.165) is 10.9 Å². The van der Waals surface area contributed by atoms with Crippen LogP contribution in [0.1, 0.15) is 5.56 Å². The van der Waals surface area contributed by atoms with Gasteiger partial charge >= 0.3 is 6.03 Å². The lowest BCUT2D eigenvalue weighted by Crippen LogP contribution is -2.19. The Labute approximate surface area is 193 Å². The molecule has 0 aliphatic rings. The number of fused-ring (bicyclic) bond motifs is 1. The number of ether oxygens (including phenoxy) is 3. The van der Waals surface area contributed by atoms with Crippen LogP contribution in [0, 0.1) is 12.7 Å². The molecule has 4 rings (SSSR count). The van der Waals surface area contributed by atoms with E-state index >= 15 is 0 Å². The van der Waals surface area contributed by atoms with E-state index in [1.54, 1.807) is 37.0 Å². The maximum Gasteiger partial charge on any atom is 0.325 e. The Balaban J connectivity index is 1.50. The molecular formula is C23H21FN4O4S. The zero-order valence-corrected chi connectivity index (χ0v) is 18.7. The van der Waals surface area contributed by atoms with Crippen molar-refractivity contribution in [1.82, 2.24) is 9.97 Å². The molecule has 2 aromatic carbocycles. The molecular weight excluding hydrogens is 447 g/mol. The lowest BCUT2D eigenvalue weighted by atomic mass is 10.1. The van der Waals surface area contributed by atoms with Crippen molar-refractivity contribution < 1.29 is 23.4 Å². The fourth-order valence-corrected chi connectivity index (χ4v) is 3.58. The van der Waals surface area contributed by atoms with Gasteiger partial charge in [-0.15, -0.1) is 11.3 Å². The minimum Gasteiger partial charge on any atom is -0.491 e. The molecule has 0 aliphatic carbocycles. The second-order valence-corrected chi connectivity index (χ2v) is 7.84. The van der Waals surface area contributed by atoms with Crippen LogP contribution in [0.25, 0.3) is 10.9 Å². The average Bonchev–Trinajstić information content (AvgIpc) is 3.29. The number of hydrogen-bond acceptors (Lipinski definition) is 7. The summed E-state index contributed by atoms with van der Waals surface area (Å²) in [7, 11) is 1.62. The van der Waals surface area contributed by atoms with Crippen LogP contribution in [-0.2, 0) is 4.74 Å². The molecule has 0 saturated heterocycles. The number of aryl methyl sites for hydroxylation is 1. The quantitative estimate of drug-likeness (QED) is 0.327. The van der Waals surface area contributed by atoms with Crippen LogP contribution in [0.5, 0.6) is 17.2 Å². The highest BCUT2D eigenvalue weighted by Crippen LogP contribution is 2.34. The summed E-state index contributed by atoms with van der Waals surface area (Å²) in [6.45, 7) is 2.84. The van der Waals surface area contributed by atoms with E-state index in [0.29, 0.717) is 35.4 Å². The summed E-state index contributed by atoms with van der Waals surface area (Å²) in [4.78, 5) is 20.4. The average molecular weight is 469 g/mol. The Kier molecular flexibility index (Phi) is 6.96. The predicted octanol–water partition coefficient (Wildman–Crippen LogP) is 5.60. The first kappa shape index (κ1) is 22.4. The van der Waals surface area contributed by atoms with Crippen LogP contribution in [-0.4, -0.2) is 36.3 Å². The molecule has 2 heterocycles. The van der Waals surface area contributed by atoms with Crippen LogP contribution >= 0.6 is 11.3 Å². The molecule has 0 spiro atoms. The van der Waals surface area contributed by atoms with E-state index in [-0.39, 0.29) is 11.4 Å². The third kappa shape index (κ3) is 5.54. The summed E-state index contributed by atoms with van der Waals surface area (Å²) in [5, 5.41) is 7.89. The Morgan fingerprint density at radius 2 is 1.94 bits per heavy atom. The molecule has 0 bridgehead atoms. The number of anilines is 2. The maximum atomic E-state index is 14.6. The lowest BCUT2D eigenvalue weighted by Gasteiger charge is -2.13. The number of hydrogen-bond donors (Lipinski definition) is 2. The minimum absolute atomic E-state index is 0.0182. The molecule has 2 N–H and O–H groups in total. The highest BCUT2D eigenvalue weighted by atomic mass is 32.1. The van der Waals surface area contributed by atoms with Gasteiger partial charge in [0.05, 0.1) is 17.8 Å². The number of aromatic nitrogens is 2. The molecule has 0 aliphatic heterocycles. The number of halogens is 1. The number of amides is 2. The fourth-order valence-electron chi connectivity index (χ4n) is 3.06. The first-order chi connectivity index (χ1) is 16.0. The summed E-state index contributed by atoms with van der Waals surface area (Å²) in [6, 6.07) is 9.08. The molecule has 0 unspecified atom stereocenters. The van der Waals surface area contributed by atoms with Crippen LogP contribution in [0.15, 0.2) is 54.2 Å². The van der Waals surface area contributed by atoms with Crippen molar-refractivity contribution in [2.24, 2.45) is 0 Å². The number of carbonyl (C=O) groups excluding carboxylic acids is 1. The van der Waals surface area contributed by atoms with Gasteiger partial charge in [-0.05, 0) is 36.8 Å². The van der Waals surface area contributed by atoms with Crippen molar-refractivity contribution in [2.45, 2.75) is 6.92 Å². The van der Waals surface area contributed by atoms with E-state index < -0.39 is 11.8 Å². The standard InChI is InChI=1S/C23H21FN4O4S/c1-14-11-16-19(13-21(14)31-9-8-30-2)25-6-5-20(16)32-15-3-4-18(17(24)12-15)27-22(29)28-23-26-7-10-33-23/h3-7,10-13H,8-9H2,1-2H3,(H2,26,27,28,29). The first-order valence-corrected chi connectivity index (χ1v) is 10.9. The van der Waals surface area contributed by atoms with Crippen molar-refractivity contribution in [3.63, 3.8) is 0 Å². The van der Waals surface area contributed by atoms with E-state index in [1.807, 2.05) is 19.1 Å². The molecule has 10 heteroatoms. The molecule has 170 valence electrons. The number of pyridine rings is 1. The van der Waals surface area contributed by atoms with Gasteiger partial charge < -0.3 is 19.5 Å².